The summed E-state index contributed by atoms with van der Waals surface area (Å²) in [6, 6.07) is 0. The normalized spacial score (nSPS) is 18.3. The first-order valence-electron chi connectivity index (χ1n) is 8.15. The van der Waals surface area contributed by atoms with Gasteiger partial charge in [0.2, 0.25) is 0 Å². The quantitative estimate of drug-likeness (QED) is 0.347. The summed E-state index contributed by atoms with van der Waals surface area (Å²) in [5, 5.41) is 0. The summed E-state index contributed by atoms with van der Waals surface area (Å²) in [5.41, 5.74) is 5.08. The van der Waals surface area contributed by atoms with Gasteiger partial charge in [-0.05, 0) is 44.0 Å². The van der Waals surface area contributed by atoms with Gasteiger partial charge in [-0.15, -0.1) is 0 Å². The molecule has 122 valence electrons. The molecule has 2 aliphatic rings. The maximum atomic E-state index is 4.65. The summed E-state index contributed by atoms with van der Waals surface area (Å²) < 4.78 is 0. The first kappa shape index (κ1) is 17.6. The third-order valence-electron chi connectivity index (χ3n) is 3.93. The van der Waals surface area contributed by atoms with Gasteiger partial charge in [-0.2, -0.15) is 0 Å². The van der Waals surface area contributed by atoms with Gasteiger partial charge in [-0.3, -0.25) is 0 Å². The van der Waals surface area contributed by atoms with Crippen LogP contribution in [0.2, 0.25) is 0 Å². The maximum absolute atomic E-state index is 4.65. The zero-order valence-electron chi connectivity index (χ0n) is 14.3. The van der Waals surface area contributed by atoms with Gasteiger partial charge in [0.05, 0.1) is 5.70 Å². The van der Waals surface area contributed by atoms with Gasteiger partial charge in [0.25, 0.3) is 0 Å². The predicted molar refractivity (Wildman–Crippen MR) is 106 cm³/mol. The minimum atomic E-state index is 0.592. The number of amidine groups is 1. The van der Waals surface area contributed by atoms with Crippen LogP contribution in [-0.2, 0) is 0 Å². The second kappa shape index (κ2) is 8.78. The van der Waals surface area contributed by atoms with E-state index in [-0.39, 0.29) is 0 Å². The van der Waals surface area contributed by atoms with Crippen LogP contribution in [-0.4, -0.2) is 12.6 Å². The molecule has 0 heterocycles. The molecule has 0 amide bonds. The smallest absolute Gasteiger partial charge is 0.159 e. The number of hydrogen-bond acceptors (Lipinski definition) is 1. The van der Waals surface area contributed by atoms with E-state index in [0.717, 1.165) is 36.0 Å². The molecule has 0 aromatic rings. The van der Waals surface area contributed by atoms with E-state index in [4.69, 9.17) is 0 Å². The second-order valence-electron chi connectivity index (χ2n) is 5.68. The maximum Gasteiger partial charge on any atom is 0.159 e. The van der Waals surface area contributed by atoms with Crippen LogP contribution in [0.1, 0.15) is 26.2 Å². The minimum Gasteiger partial charge on any atom is -0.245 e. The van der Waals surface area contributed by atoms with Crippen molar-refractivity contribution in [2.45, 2.75) is 26.2 Å². The Hall–Kier alpha value is -2.74. The Bertz CT molecular complexity index is 747. The summed E-state index contributed by atoms with van der Waals surface area (Å²) in [5.74, 6) is 0.592. The first-order valence-corrected chi connectivity index (χ1v) is 8.15. The van der Waals surface area contributed by atoms with Crippen LogP contribution in [0.25, 0.3) is 0 Å². The molecule has 2 aliphatic carbocycles. The van der Waals surface area contributed by atoms with Gasteiger partial charge in [0, 0.05) is 5.57 Å². The fourth-order valence-electron chi connectivity index (χ4n) is 2.63. The average molecular weight is 316 g/mol. The molecule has 0 aromatic carbocycles. The molecule has 2 heteroatoms. The minimum absolute atomic E-state index is 0.592. The van der Waals surface area contributed by atoms with Crippen molar-refractivity contribution in [2.75, 3.05) is 0 Å². The monoisotopic (exact) mass is 316 g/mol. The fraction of sp³-hybridized carbons (Fsp3) is 0.182. The highest BCUT2D eigenvalue weighted by Gasteiger charge is 2.14. The standard InChI is InChI=1S/C22H24N2/c1-5-6-15-20-17(2)12-10-11-16-21(20)22(23-4)24-18(3)19-13-8-7-9-14-19/h5-6,8,10-11,13-16H,1,3-4,7,9,12H2,2H3/b15-6-,24-22?. The Labute approximate surface area is 145 Å². The zero-order valence-corrected chi connectivity index (χ0v) is 14.3. The molecule has 0 N–H and O–H groups in total. The molecule has 2 nitrogen and oxygen atoms in total. The van der Waals surface area contributed by atoms with Crippen molar-refractivity contribution in [1.29, 1.82) is 0 Å². The van der Waals surface area contributed by atoms with Crippen LogP contribution in [0.4, 0.5) is 0 Å². The topological polar surface area (TPSA) is 24.7 Å². The van der Waals surface area contributed by atoms with E-state index in [2.05, 4.69) is 61.1 Å². The predicted octanol–water partition coefficient (Wildman–Crippen LogP) is 5.82. The molecule has 0 radical (unpaired) electrons. The molecular weight excluding hydrogens is 292 g/mol. The first-order chi connectivity index (χ1) is 11.7. The molecule has 0 spiro atoms. The number of aliphatic imine (C=N–C) groups is 2. The van der Waals surface area contributed by atoms with E-state index in [0.29, 0.717) is 11.5 Å². The highest BCUT2D eigenvalue weighted by Crippen LogP contribution is 2.26. The van der Waals surface area contributed by atoms with Crippen LogP contribution in [0.15, 0.2) is 106 Å². The molecule has 0 bridgehead atoms. The molecule has 2 rings (SSSR count). The van der Waals surface area contributed by atoms with Crippen LogP contribution >= 0.6 is 0 Å². The lowest BCUT2D eigenvalue weighted by Crippen LogP contribution is -2.04. The zero-order chi connectivity index (χ0) is 17.4. The van der Waals surface area contributed by atoms with Crippen molar-refractivity contribution in [3.63, 3.8) is 0 Å². The van der Waals surface area contributed by atoms with Gasteiger partial charge >= 0.3 is 0 Å². The van der Waals surface area contributed by atoms with Crippen molar-refractivity contribution in [1.82, 2.24) is 0 Å². The third-order valence-corrected chi connectivity index (χ3v) is 3.93. The molecule has 0 saturated carbocycles. The van der Waals surface area contributed by atoms with Gasteiger partial charge in [-0.1, -0.05) is 73.4 Å². The van der Waals surface area contributed by atoms with E-state index >= 15 is 0 Å². The Balaban J connectivity index is 2.43. The number of rotatable bonds is 5. The molecule has 0 atom stereocenters. The lowest BCUT2D eigenvalue weighted by Gasteiger charge is -2.12. The van der Waals surface area contributed by atoms with Crippen molar-refractivity contribution >= 4 is 12.6 Å². The lowest BCUT2D eigenvalue weighted by molar-refractivity contribution is 1.02. The molecule has 24 heavy (non-hydrogen) atoms. The molecule has 0 aromatic heterocycles. The van der Waals surface area contributed by atoms with Crippen LogP contribution in [0.3, 0.4) is 0 Å². The lowest BCUT2D eigenvalue weighted by atomic mass is 9.98. The van der Waals surface area contributed by atoms with E-state index in [9.17, 15) is 0 Å². The van der Waals surface area contributed by atoms with E-state index in [1.54, 1.807) is 6.08 Å². The van der Waals surface area contributed by atoms with Crippen molar-refractivity contribution < 1.29 is 0 Å². The van der Waals surface area contributed by atoms with Crippen molar-refractivity contribution in [3.05, 3.63) is 95.8 Å². The summed E-state index contributed by atoms with van der Waals surface area (Å²) in [6.45, 7) is 13.7. The average Bonchev–Trinajstić information content (AvgIpc) is 2.80. The molecule has 0 unspecified atom stereocenters. The van der Waals surface area contributed by atoms with Crippen molar-refractivity contribution in [2.24, 2.45) is 9.98 Å². The summed E-state index contributed by atoms with van der Waals surface area (Å²) in [7, 11) is 0. The Morgan fingerprint density at radius 3 is 2.75 bits per heavy atom. The van der Waals surface area contributed by atoms with Gasteiger partial charge in [-0.25, -0.2) is 9.98 Å². The highest BCUT2D eigenvalue weighted by atomic mass is 14.9. The number of nitrogens with zero attached hydrogens (tertiary/aromatic N) is 2. The molecule has 0 fully saturated rings. The van der Waals surface area contributed by atoms with E-state index < -0.39 is 0 Å². The van der Waals surface area contributed by atoms with Crippen LogP contribution in [0.5, 0.6) is 0 Å². The SMILES string of the molecule is C=C/C=C\C1=C(C)CC=CC=C1C(N=C)=NC(=C)C1=CCCC=C1. The van der Waals surface area contributed by atoms with Crippen molar-refractivity contribution in [3.8, 4) is 0 Å². The Kier molecular flexibility index (Phi) is 6.44. The molecule has 0 saturated heterocycles. The number of hydrogen-bond donors (Lipinski definition) is 0. The Morgan fingerprint density at radius 1 is 1.25 bits per heavy atom. The Morgan fingerprint density at radius 2 is 2.08 bits per heavy atom. The summed E-state index contributed by atoms with van der Waals surface area (Å²) >= 11 is 0. The highest BCUT2D eigenvalue weighted by molar-refractivity contribution is 6.06. The van der Waals surface area contributed by atoms with Gasteiger partial charge in [0.15, 0.2) is 5.84 Å². The van der Waals surface area contributed by atoms with Gasteiger partial charge < -0.3 is 0 Å². The third kappa shape index (κ3) is 4.39. The number of allylic oxidation sites excluding steroid dienone is 10. The fourth-order valence-corrected chi connectivity index (χ4v) is 2.63. The summed E-state index contributed by atoms with van der Waals surface area (Å²) in [6.07, 6.45) is 21.3. The van der Waals surface area contributed by atoms with Gasteiger partial charge in [0.1, 0.15) is 0 Å². The van der Waals surface area contributed by atoms with E-state index in [1.807, 2.05) is 24.3 Å². The van der Waals surface area contributed by atoms with Crippen LogP contribution in [0, 0.1) is 0 Å². The van der Waals surface area contributed by atoms with E-state index in [1.165, 1.54) is 5.57 Å². The largest absolute Gasteiger partial charge is 0.245 e. The molecular formula is C22H24N2. The second-order valence-corrected chi connectivity index (χ2v) is 5.68. The summed E-state index contributed by atoms with van der Waals surface area (Å²) in [4.78, 5) is 8.83. The van der Waals surface area contributed by atoms with Crippen LogP contribution < -0.4 is 0 Å². The molecule has 0 aliphatic heterocycles.